The monoisotopic (exact) mass is 398 g/mol. The molecule has 0 fully saturated rings. The number of esters is 1. The van der Waals surface area contributed by atoms with Gasteiger partial charge in [-0.05, 0) is 50.6 Å². The molecule has 29 heavy (non-hydrogen) atoms. The normalized spacial score (nSPS) is 10.9. The van der Waals surface area contributed by atoms with Gasteiger partial charge in [0.15, 0.2) is 17.6 Å². The van der Waals surface area contributed by atoms with Gasteiger partial charge in [0.2, 0.25) is 0 Å². The first-order valence-corrected chi connectivity index (χ1v) is 9.61. The molecule has 3 aromatic rings. The summed E-state index contributed by atoms with van der Waals surface area (Å²) in [6.07, 6.45) is 0. The molecule has 0 aliphatic heterocycles. The Hall–Kier alpha value is -3.22. The van der Waals surface area contributed by atoms with Crippen LogP contribution in [0.4, 0.5) is 10.1 Å². The third-order valence-electron chi connectivity index (χ3n) is 4.87. The molecule has 0 saturated carbocycles. The van der Waals surface area contributed by atoms with Gasteiger partial charge in [-0.1, -0.05) is 6.07 Å². The van der Waals surface area contributed by atoms with Crippen LogP contribution in [-0.2, 0) is 22.6 Å². The molecule has 1 aromatic heterocycles. The number of imidazole rings is 1. The highest BCUT2D eigenvalue weighted by Gasteiger charge is 2.24. The molecule has 0 bridgehead atoms. The summed E-state index contributed by atoms with van der Waals surface area (Å²) in [5, 5.41) is 2.63. The number of hydrogen-bond acceptors (Lipinski definition) is 3. The SMILES string of the molecule is CCOC(=O)c1ccc2c(c1)n(CC(=O)Nc1ccc(C)cc1F)c(C)[n+]2CC. The number of ether oxygens (including phenoxy) is 1. The Balaban J connectivity index is 1.96. The summed E-state index contributed by atoms with van der Waals surface area (Å²) < 4.78 is 23.0. The van der Waals surface area contributed by atoms with Gasteiger partial charge in [0, 0.05) is 13.0 Å². The lowest BCUT2D eigenvalue weighted by molar-refractivity contribution is -0.674. The summed E-state index contributed by atoms with van der Waals surface area (Å²) in [6.45, 7) is 8.45. The van der Waals surface area contributed by atoms with Gasteiger partial charge in [0.05, 0.1) is 24.4 Å². The Morgan fingerprint density at radius 1 is 1.14 bits per heavy atom. The lowest BCUT2D eigenvalue weighted by Gasteiger charge is -2.07. The second kappa shape index (κ2) is 8.43. The molecule has 1 amide bonds. The van der Waals surface area contributed by atoms with Gasteiger partial charge in [-0.25, -0.2) is 18.3 Å². The van der Waals surface area contributed by atoms with Crippen LogP contribution < -0.4 is 9.88 Å². The Morgan fingerprint density at radius 3 is 2.55 bits per heavy atom. The third-order valence-corrected chi connectivity index (χ3v) is 4.87. The molecule has 2 aromatic carbocycles. The summed E-state index contributed by atoms with van der Waals surface area (Å²) in [7, 11) is 0. The number of benzene rings is 2. The van der Waals surface area contributed by atoms with Crippen LogP contribution in [0.15, 0.2) is 36.4 Å². The van der Waals surface area contributed by atoms with Gasteiger partial charge >= 0.3 is 5.97 Å². The zero-order valence-electron chi connectivity index (χ0n) is 17.1. The Bertz CT molecular complexity index is 1090. The van der Waals surface area contributed by atoms with Gasteiger partial charge in [-0.2, -0.15) is 0 Å². The molecule has 0 saturated heterocycles. The molecule has 6 nitrogen and oxygen atoms in total. The van der Waals surface area contributed by atoms with Crippen LogP contribution in [0.1, 0.15) is 35.6 Å². The molecular formula is C22H25FN3O3+. The van der Waals surface area contributed by atoms with Crippen molar-refractivity contribution in [1.82, 2.24) is 4.57 Å². The zero-order chi connectivity index (χ0) is 21.1. The molecule has 1 heterocycles. The fraction of sp³-hybridized carbons (Fsp3) is 0.318. The number of carbonyl (C=O) groups excluding carboxylic acids is 2. The van der Waals surface area contributed by atoms with Crippen molar-refractivity contribution in [3.63, 3.8) is 0 Å². The lowest BCUT2D eigenvalue weighted by Crippen LogP contribution is -2.35. The first kappa shape index (κ1) is 20.5. The minimum Gasteiger partial charge on any atom is -0.462 e. The van der Waals surface area contributed by atoms with Crippen LogP contribution in [0.2, 0.25) is 0 Å². The Kier molecular flexibility index (Phi) is 5.96. The number of halogens is 1. The van der Waals surface area contributed by atoms with Crippen LogP contribution >= 0.6 is 0 Å². The molecular weight excluding hydrogens is 373 g/mol. The van der Waals surface area contributed by atoms with E-state index in [1.54, 1.807) is 38.1 Å². The number of carbonyl (C=O) groups is 2. The van der Waals surface area contributed by atoms with Gasteiger partial charge in [-0.3, -0.25) is 4.79 Å². The van der Waals surface area contributed by atoms with E-state index in [-0.39, 0.29) is 24.7 Å². The number of nitrogens with zero attached hydrogens (tertiary/aromatic N) is 2. The minimum absolute atomic E-state index is 0.00503. The minimum atomic E-state index is -0.472. The largest absolute Gasteiger partial charge is 0.462 e. The van der Waals surface area contributed by atoms with E-state index in [0.29, 0.717) is 12.1 Å². The number of fused-ring (bicyclic) bond motifs is 1. The molecule has 7 heteroatoms. The van der Waals surface area contributed by atoms with Gasteiger partial charge in [-0.15, -0.1) is 0 Å². The molecule has 1 N–H and O–H groups in total. The van der Waals surface area contributed by atoms with E-state index in [0.717, 1.165) is 22.4 Å². The fourth-order valence-electron chi connectivity index (χ4n) is 3.46. The number of aromatic nitrogens is 2. The topological polar surface area (TPSA) is 64.2 Å². The van der Waals surface area contributed by atoms with E-state index in [1.165, 1.54) is 6.07 Å². The van der Waals surface area contributed by atoms with Crippen LogP contribution in [0.5, 0.6) is 0 Å². The molecule has 0 atom stereocenters. The average Bonchev–Trinajstić information content (AvgIpc) is 2.94. The van der Waals surface area contributed by atoms with E-state index in [1.807, 2.05) is 24.5 Å². The molecule has 0 unspecified atom stereocenters. The molecule has 152 valence electrons. The molecule has 0 aliphatic rings. The summed E-state index contributed by atoms with van der Waals surface area (Å²) in [4.78, 5) is 24.8. The third kappa shape index (κ3) is 4.13. The van der Waals surface area contributed by atoms with Crippen molar-refractivity contribution in [2.24, 2.45) is 0 Å². The number of amides is 1. The van der Waals surface area contributed by atoms with Gasteiger partial charge in [0.1, 0.15) is 5.82 Å². The number of aryl methyl sites for hydroxylation is 2. The van der Waals surface area contributed by atoms with Crippen molar-refractivity contribution < 1.29 is 23.3 Å². The van der Waals surface area contributed by atoms with Gasteiger partial charge < -0.3 is 10.1 Å². The van der Waals surface area contributed by atoms with Crippen molar-refractivity contribution in [1.29, 1.82) is 0 Å². The standard InChI is InChI=1S/C22H24FN3O3/c1-5-25-15(4)26(13-21(27)24-18-9-7-14(3)11-17(18)23)20-12-16(8-10-19(20)25)22(28)29-6-2/h7-12H,5-6,13H2,1-4H3/p+1. The highest BCUT2D eigenvalue weighted by molar-refractivity contribution is 5.94. The van der Waals surface area contributed by atoms with E-state index in [4.69, 9.17) is 4.74 Å². The van der Waals surface area contributed by atoms with Crippen LogP contribution in [0.3, 0.4) is 0 Å². The quantitative estimate of drug-likeness (QED) is 0.510. The van der Waals surface area contributed by atoms with E-state index >= 15 is 0 Å². The van der Waals surface area contributed by atoms with Crippen molar-refractivity contribution in [3.05, 3.63) is 59.2 Å². The van der Waals surface area contributed by atoms with Gasteiger partial charge in [0.25, 0.3) is 11.7 Å². The maximum Gasteiger partial charge on any atom is 0.338 e. The van der Waals surface area contributed by atoms with E-state index in [2.05, 4.69) is 9.88 Å². The highest BCUT2D eigenvalue weighted by Crippen LogP contribution is 2.19. The molecule has 3 rings (SSSR count). The lowest BCUT2D eigenvalue weighted by atomic mass is 10.2. The molecule has 0 radical (unpaired) electrons. The van der Waals surface area contributed by atoms with Crippen molar-refractivity contribution in [3.8, 4) is 0 Å². The maximum atomic E-state index is 14.1. The maximum absolute atomic E-state index is 14.1. The van der Waals surface area contributed by atoms with E-state index < -0.39 is 11.8 Å². The summed E-state index contributed by atoms with van der Waals surface area (Å²) in [6, 6.07) is 9.97. The summed E-state index contributed by atoms with van der Waals surface area (Å²) in [5.74, 6) is -0.365. The summed E-state index contributed by atoms with van der Waals surface area (Å²) in [5.41, 5.74) is 3.00. The van der Waals surface area contributed by atoms with Crippen molar-refractivity contribution >= 4 is 28.6 Å². The van der Waals surface area contributed by atoms with Crippen LogP contribution in [0.25, 0.3) is 11.0 Å². The van der Waals surface area contributed by atoms with Crippen molar-refractivity contribution in [2.75, 3.05) is 11.9 Å². The average molecular weight is 398 g/mol. The predicted octanol–water partition coefficient (Wildman–Crippen LogP) is 3.52. The second-order valence-electron chi connectivity index (χ2n) is 6.83. The Labute approximate surface area is 168 Å². The highest BCUT2D eigenvalue weighted by atomic mass is 19.1. The molecule has 0 spiro atoms. The smallest absolute Gasteiger partial charge is 0.338 e. The fourth-order valence-corrected chi connectivity index (χ4v) is 3.46. The predicted molar refractivity (Wildman–Crippen MR) is 108 cm³/mol. The first-order chi connectivity index (χ1) is 13.8. The molecule has 0 aliphatic carbocycles. The van der Waals surface area contributed by atoms with E-state index in [9.17, 15) is 14.0 Å². The second-order valence-corrected chi connectivity index (χ2v) is 6.83. The number of rotatable bonds is 6. The first-order valence-electron chi connectivity index (χ1n) is 9.61. The summed E-state index contributed by atoms with van der Waals surface area (Å²) >= 11 is 0. The number of nitrogens with one attached hydrogen (secondary N) is 1. The Morgan fingerprint density at radius 2 is 1.90 bits per heavy atom. The zero-order valence-corrected chi connectivity index (χ0v) is 17.1. The number of hydrogen-bond donors (Lipinski definition) is 1. The number of anilines is 1. The van der Waals surface area contributed by atoms with Crippen LogP contribution in [0, 0.1) is 19.7 Å². The van der Waals surface area contributed by atoms with Crippen LogP contribution in [-0.4, -0.2) is 23.1 Å². The van der Waals surface area contributed by atoms with Crippen molar-refractivity contribution in [2.45, 2.75) is 40.8 Å².